The summed E-state index contributed by atoms with van der Waals surface area (Å²) in [5.74, 6) is 0.280. The second kappa shape index (κ2) is 5.01. The summed E-state index contributed by atoms with van der Waals surface area (Å²) >= 11 is 0. The van der Waals surface area contributed by atoms with E-state index in [1.807, 2.05) is 0 Å². The zero-order valence-corrected chi connectivity index (χ0v) is 8.06. The molecule has 1 aromatic heterocycles. The molecular formula is C10H11NO3. The van der Waals surface area contributed by atoms with Crippen LogP contribution >= 0.6 is 0 Å². The first-order valence-electron chi connectivity index (χ1n) is 4.02. The van der Waals surface area contributed by atoms with Crippen LogP contribution in [0, 0.1) is 0 Å². The molecule has 1 heterocycles. The van der Waals surface area contributed by atoms with Crippen molar-refractivity contribution in [2.75, 3.05) is 14.2 Å². The Kier molecular flexibility index (Phi) is 3.67. The van der Waals surface area contributed by atoms with E-state index in [9.17, 15) is 4.79 Å². The van der Waals surface area contributed by atoms with Gasteiger partial charge in [-0.2, -0.15) is 0 Å². The summed E-state index contributed by atoms with van der Waals surface area (Å²) in [6.07, 6.45) is 4.47. The second-order valence-electron chi connectivity index (χ2n) is 2.48. The lowest BCUT2D eigenvalue weighted by Gasteiger charge is -1.97. The summed E-state index contributed by atoms with van der Waals surface area (Å²) in [5.41, 5.74) is 0.677. The number of esters is 1. The molecule has 0 unspecified atom stereocenters. The molecule has 0 aliphatic heterocycles. The Morgan fingerprint density at radius 2 is 2.21 bits per heavy atom. The van der Waals surface area contributed by atoms with Crippen molar-refractivity contribution in [1.29, 1.82) is 0 Å². The Balaban J connectivity index is 2.68. The summed E-state index contributed by atoms with van der Waals surface area (Å²) in [7, 11) is 2.90. The topological polar surface area (TPSA) is 48.4 Å². The summed E-state index contributed by atoms with van der Waals surface area (Å²) in [5, 5.41) is 0. The predicted molar refractivity (Wildman–Crippen MR) is 51.8 cm³/mol. The maximum atomic E-state index is 10.7. The van der Waals surface area contributed by atoms with Crippen LogP contribution in [0.25, 0.3) is 6.08 Å². The Bertz CT molecular complexity index is 330. The average Bonchev–Trinajstić information content (AvgIpc) is 2.26. The third kappa shape index (κ3) is 2.90. The molecule has 14 heavy (non-hydrogen) atoms. The van der Waals surface area contributed by atoms with E-state index in [2.05, 4.69) is 9.72 Å². The van der Waals surface area contributed by atoms with Gasteiger partial charge in [0.1, 0.15) is 5.75 Å². The quantitative estimate of drug-likeness (QED) is 0.536. The number of aromatic nitrogens is 1. The minimum absolute atomic E-state index is 0.400. The van der Waals surface area contributed by atoms with Crippen molar-refractivity contribution in [3.05, 3.63) is 30.1 Å². The highest BCUT2D eigenvalue weighted by Gasteiger charge is 1.94. The van der Waals surface area contributed by atoms with Gasteiger partial charge >= 0.3 is 5.97 Å². The summed E-state index contributed by atoms with van der Waals surface area (Å²) < 4.78 is 9.38. The van der Waals surface area contributed by atoms with Crippen LogP contribution in [-0.4, -0.2) is 25.2 Å². The first-order chi connectivity index (χ1) is 6.76. The molecule has 0 spiro atoms. The Hall–Kier alpha value is -1.84. The molecule has 74 valence electrons. The maximum absolute atomic E-state index is 10.7. The molecule has 0 amide bonds. The molecule has 0 saturated heterocycles. The fraction of sp³-hybridized carbons (Fsp3) is 0.200. The monoisotopic (exact) mass is 193 g/mol. The lowest BCUT2D eigenvalue weighted by atomic mass is 10.3. The fourth-order valence-electron chi connectivity index (χ4n) is 0.833. The van der Waals surface area contributed by atoms with E-state index in [0.29, 0.717) is 11.4 Å². The predicted octanol–water partition coefficient (Wildman–Crippen LogP) is 1.28. The molecule has 0 bridgehead atoms. The van der Waals surface area contributed by atoms with E-state index in [1.165, 1.54) is 13.2 Å². The van der Waals surface area contributed by atoms with Crippen molar-refractivity contribution in [2.24, 2.45) is 0 Å². The molecule has 1 rings (SSSR count). The van der Waals surface area contributed by atoms with Crippen molar-refractivity contribution in [3.63, 3.8) is 0 Å². The number of hydrogen-bond donors (Lipinski definition) is 0. The van der Waals surface area contributed by atoms with Crippen molar-refractivity contribution in [3.8, 4) is 5.75 Å². The summed E-state index contributed by atoms with van der Waals surface area (Å²) in [6.45, 7) is 0. The molecule has 0 aliphatic carbocycles. The molecule has 0 fully saturated rings. The fourth-order valence-corrected chi connectivity index (χ4v) is 0.833. The molecule has 0 aliphatic rings. The van der Waals surface area contributed by atoms with Crippen molar-refractivity contribution >= 4 is 12.0 Å². The van der Waals surface area contributed by atoms with Gasteiger partial charge in [-0.1, -0.05) is 0 Å². The van der Waals surface area contributed by atoms with E-state index in [-0.39, 0.29) is 0 Å². The number of nitrogens with zero attached hydrogens (tertiary/aromatic N) is 1. The van der Waals surface area contributed by atoms with Crippen molar-refractivity contribution in [1.82, 2.24) is 4.98 Å². The molecule has 0 radical (unpaired) electrons. The Labute approximate surface area is 82.2 Å². The molecule has 4 nitrogen and oxygen atoms in total. The third-order valence-corrected chi connectivity index (χ3v) is 1.59. The van der Waals surface area contributed by atoms with Crippen LogP contribution in [0.3, 0.4) is 0 Å². The standard InChI is InChI=1S/C10H11NO3/c1-13-9-5-3-8(11-7-9)4-6-10(12)14-2/h3-7H,1-2H3. The second-order valence-corrected chi connectivity index (χ2v) is 2.48. The Morgan fingerprint density at radius 1 is 1.43 bits per heavy atom. The van der Waals surface area contributed by atoms with Crippen LogP contribution in [0.2, 0.25) is 0 Å². The highest BCUT2D eigenvalue weighted by atomic mass is 16.5. The van der Waals surface area contributed by atoms with E-state index in [1.54, 1.807) is 31.5 Å². The molecule has 0 saturated carbocycles. The third-order valence-electron chi connectivity index (χ3n) is 1.59. The zero-order valence-electron chi connectivity index (χ0n) is 8.06. The number of methoxy groups -OCH3 is 2. The average molecular weight is 193 g/mol. The van der Waals surface area contributed by atoms with Crippen LogP contribution < -0.4 is 4.74 Å². The Morgan fingerprint density at radius 3 is 2.71 bits per heavy atom. The van der Waals surface area contributed by atoms with Gasteiger partial charge in [0.25, 0.3) is 0 Å². The molecule has 0 N–H and O–H groups in total. The van der Waals surface area contributed by atoms with Gasteiger partial charge in [0.15, 0.2) is 0 Å². The van der Waals surface area contributed by atoms with Crippen LogP contribution in [0.1, 0.15) is 5.69 Å². The number of pyridine rings is 1. The van der Waals surface area contributed by atoms with Crippen molar-refractivity contribution < 1.29 is 14.3 Å². The van der Waals surface area contributed by atoms with E-state index < -0.39 is 5.97 Å². The molecule has 4 heteroatoms. The van der Waals surface area contributed by atoms with Crippen LogP contribution in [-0.2, 0) is 9.53 Å². The lowest BCUT2D eigenvalue weighted by Crippen LogP contribution is -1.93. The maximum Gasteiger partial charge on any atom is 0.330 e. The van der Waals surface area contributed by atoms with Gasteiger partial charge in [-0.25, -0.2) is 4.79 Å². The van der Waals surface area contributed by atoms with Crippen LogP contribution in [0.4, 0.5) is 0 Å². The van der Waals surface area contributed by atoms with Gasteiger partial charge < -0.3 is 9.47 Å². The lowest BCUT2D eigenvalue weighted by molar-refractivity contribution is -0.134. The normalized spacial score (nSPS) is 10.1. The highest BCUT2D eigenvalue weighted by molar-refractivity contribution is 5.86. The zero-order chi connectivity index (χ0) is 10.4. The van der Waals surface area contributed by atoms with E-state index in [4.69, 9.17) is 4.74 Å². The van der Waals surface area contributed by atoms with Gasteiger partial charge in [-0.15, -0.1) is 0 Å². The van der Waals surface area contributed by atoms with Gasteiger partial charge in [0.2, 0.25) is 0 Å². The summed E-state index contributed by atoms with van der Waals surface area (Å²) in [4.78, 5) is 14.8. The summed E-state index contributed by atoms with van der Waals surface area (Å²) in [6, 6.07) is 3.52. The molecular weight excluding hydrogens is 182 g/mol. The van der Waals surface area contributed by atoms with Gasteiger partial charge in [0.05, 0.1) is 26.1 Å². The molecule has 1 aromatic rings. The minimum Gasteiger partial charge on any atom is -0.495 e. The largest absolute Gasteiger partial charge is 0.495 e. The molecule has 0 atom stereocenters. The smallest absolute Gasteiger partial charge is 0.330 e. The highest BCUT2D eigenvalue weighted by Crippen LogP contribution is 2.08. The number of carbonyl (C=O) groups excluding carboxylic acids is 1. The van der Waals surface area contributed by atoms with Gasteiger partial charge in [-0.3, -0.25) is 4.98 Å². The number of ether oxygens (including phenoxy) is 2. The van der Waals surface area contributed by atoms with Crippen LogP contribution in [0.5, 0.6) is 5.75 Å². The number of carbonyl (C=O) groups is 1. The van der Waals surface area contributed by atoms with Gasteiger partial charge in [0, 0.05) is 6.08 Å². The number of hydrogen-bond acceptors (Lipinski definition) is 4. The first-order valence-corrected chi connectivity index (χ1v) is 4.02. The van der Waals surface area contributed by atoms with Crippen LogP contribution in [0.15, 0.2) is 24.4 Å². The van der Waals surface area contributed by atoms with Gasteiger partial charge in [-0.05, 0) is 18.2 Å². The number of rotatable bonds is 3. The minimum atomic E-state index is -0.400. The SMILES string of the molecule is COC(=O)C=Cc1ccc(OC)cn1. The first kappa shape index (κ1) is 10.2. The van der Waals surface area contributed by atoms with Crippen molar-refractivity contribution in [2.45, 2.75) is 0 Å². The van der Waals surface area contributed by atoms with E-state index >= 15 is 0 Å². The molecule has 0 aromatic carbocycles. The van der Waals surface area contributed by atoms with E-state index in [0.717, 1.165) is 0 Å².